The average molecular weight is 435 g/mol. The summed E-state index contributed by atoms with van der Waals surface area (Å²) in [6.07, 6.45) is 1.51. The van der Waals surface area contributed by atoms with Crippen LogP contribution in [0.3, 0.4) is 0 Å². The van der Waals surface area contributed by atoms with Crippen LogP contribution in [0.25, 0.3) is 20.7 Å². The van der Waals surface area contributed by atoms with Crippen molar-refractivity contribution in [2.75, 3.05) is 32.1 Å². The molecule has 0 fully saturated rings. The van der Waals surface area contributed by atoms with Crippen LogP contribution in [0.4, 0.5) is 5.82 Å². The molecular formula is C23H22N4O3S. The van der Waals surface area contributed by atoms with Crippen molar-refractivity contribution in [3.8, 4) is 21.9 Å². The summed E-state index contributed by atoms with van der Waals surface area (Å²) in [5, 5.41) is 6.85. The maximum absolute atomic E-state index is 12.2. The normalized spacial score (nSPS) is 10.6. The van der Waals surface area contributed by atoms with Gasteiger partial charge in [-0.05, 0) is 35.9 Å². The second-order valence-corrected chi connectivity index (χ2v) is 7.68. The number of hydrogen-bond acceptors (Lipinski definition) is 7. The summed E-state index contributed by atoms with van der Waals surface area (Å²) in [7, 11) is 1.62. The number of anilines is 1. The lowest BCUT2D eigenvalue weighted by Gasteiger charge is -2.09. The molecule has 0 atom stereocenters. The quantitative estimate of drug-likeness (QED) is 0.388. The number of carbonyl (C=O) groups is 1. The molecule has 0 aliphatic carbocycles. The molecule has 7 nitrogen and oxygen atoms in total. The highest BCUT2D eigenvalue weighted by atomic mass is 32.1. The molecule has 4 aromatic rings. The van der Waals surface area contributed by atoms with Crippen LogP contribution in [0.1, 0.15) is 0 Å². The predicted octanol–water partition coefficient (Wildman–Crippen LogP) is 3.97. The topological polar surface area (TPSA) is 85.4 Å². The zero-order valence-electron chi connectivity index (χ0n) is 17.0. The molecule has 0 saturated carbocycles. The Kier molecular flexibility index (Phi) is 6.59. The summed E-state index contributed by atoms with van der Waals surface area (Å²) in [5.41, 5.74) is 1.13. The second-order valence-electron chi connectivity index (χ2n) is 6.65. The van der Waals surface area contributed by atoms with E-state index in [2.05, 4.69) is 38.8 Å². The number of carbonyl (C=O) groups excluding carboxylic acids is 1. The molecule has 8 heteroatoms. The fourth-order valence-corrected chi connectivity index (χ4v) is 4.00. The van der Waals surface area contributed by atoms with Crippen LogP contribution < -0.4 is 20.1 Å². The number of aromatic nitrogens is 2. The molecule has 0 spiro atoms. The van der Waals surface area contributed by atoms with Crippen molar-refractivity contribution in [3.63, 3.8) is 0 Å². The van der Waals surface area contributed by atoms with Crippen molar-refractivity contribution in [1.82, 2.24) is 15.3 Å². The SMILES string of the molecule is COc1ccc(OCCNC(=O)CNc2ncnc3sc(-c4ccccc4)cc23)cc1. The number of benzene rings is 2. The van der Waals surface area contributed by atoms with Gasteiger partial charge in [0.2, 0.25) is 5.91 Å². The number of methoxy groups -OCH3 is 1. The van der Waals surface area contributed by atoms with Gasteiger partial charge in [-0.15, -0.1) is 11.3 Å². The van der Waals surface area contributed by atoms with Gasteiger partial charge in [0.1, 0.15) is 35.1 Å². The number of hydrogen-bond donors (Lipinski definition) is 2. The van der Waals surface area contributed by atoms with E-state index in [-0.39, 0.29) is 12.5 Å². The molecule has 0 bridgehead atoms. The molecular weight excluding hydrogens is 412 g/mol. The number of rotatable bonds is 9. The van der Waals surface area contributed by atoms with Crippen LogP contribution in [0.2, 0.25) is 0 Å². The lowest BCUT2D eigenvalue weighted by atomic mass is 10.2. The molecule has 0 saturated heterocycles. The molecule has 158 valence electrons. The monoisotopic (exact) mass is 434 g/mol. The lowest BCUT2D eigenvalue weighted by molar-refractivity contribution is -0.119. The van der Waals surface area contributed by atoms with Crippen LogP contribution in [0.15, 0.2) is 67.0 Å². The van der Waals surface area contributed by atoms with E-state index in [0.29, 0.717) is 19.0 Å². The summed E-state index contributed by atoms with van der Waals surface area (Å²) in [5.74, 6) is 2.01. The van der Waals surface area contributed by atoms with Gasteiger partial charge in [-0.25, -0.2) is 9.97 Å². The Morgan fingerprint density at radius 3 is 2.58 bits per heavy atom. The predicted molar refractivity (Wildman–Crippen MR) is 123 cm³/mol. The van der Waals surface area contributed by atoms with Crippen LogP contribution >= 0.6 is 11.3 Å². The van der Waals surface area contributed by atoms with Crippen LogP contribution in [0.5, 0.6) is 11.5 Å². The van der Waals surface area contributed by atoms with E-state index < -0.39 is 0 Å². The number of thiophene rings is 1. The van der Waals surface area contributed by atoms with E-state index in [0.717, 1.165) is 32.2 Å². The highest BCUT2D eigenvalue weighted by molar-refractivity contribution is 7.21. The smallest absolute Gasteiger partial charge is 0.239 e. The zero-order chi connectivity index (χ0) is 21.5. The van der Waals surface area contributed by atoms with E-state index in [1.165, 1.54) is 6.33 Å². The first-order valence-electron chi connectivity index (χ1n) is 9.80. The molecule has 0 unspecified atom stereocenters. The lowest BCUT2D eigenvalue weighted by Crippen LogP contribution is -2.33. The minimum absolute atomic E-state index is 0.116. The molecule has 4 rings (SSSR count). The Morgan fingerprint density at radius 2 is 1.81 bits per heavy atom. The number of nitrogens with one attached hydrogen (secondary N) is 2. The van der Waals surface area contributed by atoms with Gasteiger partial charge >= 0.3 is 0 Å². The highest BCUT2D eigenvalue weighted by Gasteiger charge is 2.11. The summed E-state index contributed by atoms with van der Waals surface area (Å²) in [6, 6.07) is 19.5. The van der Waals surface area contributed by atoms with Gasteiger partial charge in [-0.1, -0.05) is 30.3 Å². The molecule has 31 heavy (non-hydrogen) atoms. The summed E-state index contributed by atoms with van der Waals surface area (Å²) in [4.78, 5) is 22.8. The third kappa shape index (κ3) is 5.29. The zero-order valence-corrected chi connectivity index (χ0v) is 17.8. The van der Waals surface area contributed by atoms with Crippen molar-refractivity contribution in [1.29, 1.82) is 0 Å². The third-order valence-corrected chi connectivity index (χ3v) is 5.65. The number of nitrogens with zero attached hydrogens (tertiary/aromatic N) is 2. The largest absolute Gasteiger partial charge is 0.497 e. The Labute approximate surface area is 184 Å². The van der Waals surface area contributed by atoms with E-state index in [9.17, 15) is 4.79 Å². The van der Waals surface area contributed by atoms with Crippen LogP contribution in [0, 0.1) is 0 Å². The second kappa shape index (κ2) is 9.90. The minimum atomic E-state index is -0.136. The maximum Gasteiger partial charge on any atom is 0.239 e. The van der Waals surface area contributed by atoms with E-state index in [1.54, 1.807) is 18.4 Å². The Hall–Kier alpha value is -3.65. The molecule has 2 N–H and O–H groups in total. The van der Waals surface area contributed by atoms with Gasteiger partial charge in [0.15, 0.2) is 0 Å². The molecule has 1 amide bonds. The maximum atomic E-state index is 12.2. The highest BCUT2D eigenvalue weighted by Crippen LogP contribution is 2.34. The van der Waals surface area contributed by atoms with Gasteiger partial charge in [-0.2, -0.15) is 0 Å². The average Bonchev–Trinajstić information content (AvgIpc) is 3.26. The van der Waals surface area contributed by atoms with Gasteiger partial charge in [-0.3, -0.25) is 4.79 Å². The van der Waals surface area contributed by atoms with E-state index in [4.69, 9.17) is 9.47 Å². The molecule has 0 aliphatic heterocycles. The first-order valence-corrected chi connectivity index (χ1v) is 10.6. The summed E-state index contributed by atoms with van der Waals surface area (Å²) >= 11 is 1.60. The molecule has 2 aromatic carbocycles. The number of amides is 1. The third-order valence-electron chi connectivity index (χ3n) is 4.56. The molecule has 2 aromatic heterocycles. The summed E-state index contributed by atoms with van der Waals surface area (Å²) < 4.78 is 10.7. The summed E-state index contributed by atoms with van der Waals surface area (Å²) in [6.45, 7) is 0.897. The van der Waals surface area contributed by atoms with Gasteiger partial charge < -0.3 is 20.1 Å². The molecule has 2 heterocycles. The minimum Gasteiger partial charge on any atom is -0.497 e. The van der Waals surface area contributed by atoms with Crippen molar-refractivity contribution >= 4 is 33.3 Å². The number of ether oxygens (including phenoxy) is 2. The fraction of sp³-hybridized carbons (Fsp3) is 0.174. The fourth-order valence-electron chi connectivity index (χ4n) is 3.00. The van der Waals surface area contributed by atoms with Crippen molar-refractivity contribution in [2.24, 2.45) is 0 Å². The van der Waals surface area contributed by atoms with Gasteiger partial charge in [0.25, 0.3) is 0 Å². The first kappa shape index (κ1) is 20.6. The van der Waals surface area contributed by atoms with Crippen molar-refractivity contribution in [3.05, 3.63) is 67.0 Å². The first-order chi connectivity index (χ1) is 15.2. The Balaban J connectivity index is 1.28. The van der Waals surface area contributed by atoms with Gasteiger partial charge in [0.05, 0.1) is 25.6 Å². The Bertz CT molecular complexity index is 1150. The standard InChI is InChI=1S/C23H22N4O3S/c1-29-17-7-9-18(10-8-17)30-12-11-24-21(28)14-25-22-19-13-20(16-5-3-2-4-6-16)31-23(19)27-15-26-22/h2-10,13,15H,11-12,14H2,1H3,(H,24,28)(H,25,26,27). The molecule has 0 radical (unpaired) electrons. The molecule has 0 aliphatic rings. The van der Waals surface area contributed by atoms with E-state index >= 15 is 0 Å². The Morgan fingerprint density at radius 1 is 1.03 bits per heavy atom. The van der Waals surface area contributed by atoms with Gasteiger partial charge in [0, 0.05) is 4.88 Å². The van der Waals surface area contributed by atoms with E-state index in [1.807, 2.05) is 42.5 Å². The van der Waals surface area contributed by atoms with Crippen LogP contribution in [-0.2, 0) is 4.79 Å². The van der Waals surface area contributed by atoms with Crippen molar-refractivity contribution < 1.29 is 14.3 Å². The van der Waals surface area contributed by atoms with Crippen molar-refractivity contribution in [2.45, 2.75) is 0 Å². The van der Waals surface area contributed by atoms with Crippen LogP contribution in [-0.4, -0.2) is 42.7 Å². The number of fused-ring (bicyclic) bond motifs is 1.